The fourth-order valence-electron chi connectivity index (χ4n) is 2.29. The van der Waals surface area contributed by atoms with Gasteiger partial charge < -0.3 is 10.2 Å². The molecule has 3 nitrogen and oxygen atoms in total. The van der Waals surface area contributed by atoms with E-state index in [-0.39, 0.29) is 5.82 Å². The molecule has 1 saturated heterocycles. The summed E-state index contributed by atoms with van der Waals surface area (Å²) in [5.41, 5.74) is 0. The van der Waals surface area contributed by atoms with Crippen molar-refractivity contribution in [2.75, 3.05) is 32.0 Å². The van der Waals surface area contributed by atoms with E-state index >= 15 is 0 Å². The molecule has 1 aliphatic rings. The van der Waals surface area contributed by atoms with E-state index in [9.17, 15) is 4.39 Å². The van der Waals surface area contributed by atoms with Crippen LogP contribution in [-0.2, 0) is 0 Å². The number of pyridine rings is 1. The van der Waals surface area contributed by atoms with Crippen molar-refractivity contribution in [2.24, 2.45) is 5.92 Å². The van der Waals surface area contributed by atoms with E-state index in [0.717, 1.165) is 18.9 Å². The highest BCUT2D eigenvalue weighted by Gasteiger charge is 2.16. The molecule has 1 aliphatic heterocycles. The second-order valence-electron chi connectivity index (χ2n) is 4.95. The highest BCUT2D eigenvalue weighted by molar-refractivity contribution is 9.10. The van der Waals surface area contributed by atoms with Crippen LogP contribution in [-0.4, -0.2) is 36.6 Å². The van der Waals surface area contributed by atoms with E-state index in [1.165, 1.54) is 32.0 Å². The average Bonchev–Trinajstić information content (AvgIpc) is 2.34. The predicted octanol–water partition coefficient (Wildman–Crippen LogP) is 3.13. The molecule has 0 aliphatic carbocycles. The summed E-state index contributed by atoms with van der Waals surface area (Å²) in [7, 11) is 2.16. The Morgan fingerprint density at radius 3 is 2.89 bits per heavy atom. The van der Waals surface area contributed by atoms with Crippen molar-refractivity contribution in [3.63, 3.8) is 0 Å². The zero-order valence-corrected chi connectivity index (χ0v) is 12.2. The minimum Gasteiger partial charge on any atom is -0.368 e. The SMILES string of the molecule is CN1CCC(CCNc2ncc(Br)cc2F)CC1. The van der Waals surface area contributed by atoms with Crippen LogP contribution in [0.1, 0.15) is 19.3 Å². The van der Waals surface area contributed by atoms with Gasteiger partial charge in [-0.25, -0.2) is 9.37 Å². The lowest BCUT2D eigenvalue weighted by Crippen LogP contribution is -2.30. The molecule has 0 atom stereocenters. The monoisotopic (exact) mass is 315 g/mol. The van der Waals surface area contributed by atoms with Gasteiger partial charge in [-0.2, -0.15) is 0 Å². The Hall–Kier alpha value is -0.680. The van der Waals surface area contributed by atoms with Gasteiger partial charge in [-0.05, 0) is 67.3 Å². The van der Waals surface area contributed by atoms with Gasteiger partial charge in [-0.15, -0.1) is 0 Å². The minimum absolute atomic E-state index is 0.298. The summed E-state index contributed by atoms with van der Waals surface area (Å²) in [6.45, 7) is 3.14. The maximum Gasteiger partial charge on any atom is 0.166 e. The topological polar surface area (TPSA) is 28.2 Å². The first-order chi connectivity index (χ1) is 8.65. The van der Waals surface area contributed by atoms with Crippen LogP contribution >= 0.6 is 15.9 Å². The molecule has 0 aromatic carbocycles. The second kappa shape index (κ2) is 6.48. The maximum atomic E-state index is 13.5. The zero-order valence-electron chi connectivity index (χ0n) is 10.6. The molecule has 0 radical (unpaired) electrons. The van der Waals surface area contributed by atoms with Crippen LogP contribution in [0.15, 0.2) is 16.7 Å². The van der Waals surface area contributed by atoms with Crippen LogP contribution in [0, 0.1) is 11.7 Å². The lowest BCUT2D eigenvalue weighted by molar-refractivity contribution is 0.215. The number of nitrogens with zero attached hydrogens (tertiary/aromatic N) is 2. The fraction of sp³-hybridized carbons (Fsp3) is 0.615. The van der Waals surface area contributed by atoms with Crippen LogP contribution in [0.3, 0.4) is 0 Å². The Labute approximate surface area is 116 Å². The molecule has 0 unspecified atom stereocenters. The number of likely N-dealkylation sites (tertiary alicyclic amines) is 1. The van der Waals surface area contributed by atoms with Crippen molar-refractivity contribution in [3.05, 3.63) is 22.6 Å². The summed E-state index contributed by atoms with van der Waals surface area (Å²) in [5, 5.41) is 3.08. The van der Waals surface area contributed by atoms with Gasteiger partial charge in [0.25, 0.3) is 0 Å². The molecule has 0 spiro atoms. The number of nitrogens with one attached hydrogen (secondary N) is 1. The molecule has 100 valence electrons. The maximum absolute atomic E-state index is 13.5. The first kappa shape index (κ1) is 13.7. The summed E-state index contributed by atoms with van der Waals surface area (Å²) in [5.74, 6) is 0.811. The fourth-order valence-corrected chi connectivity index (χ4v) is 2.59. The van der Waals surface area contributed by atoms with E-state index < -0.39 is 0 Å². The molecule has 0 bridgehead atoms. The number of anilines is 1. The van der Waals surface area contributed by atoms with Crippen LogP contribution in [0.25, 0.3) is 0 Å². The van der Waals surface area contributed by atoms with E-state index in [0.29, 0.717) is 10.3 Å². The van der Waals surface area contributed by atoms with Crippen molar-refractivity contribution in [1.29, 1.82) is 0 Å². The summed E-state index contributed by atoms with van der Waals surface area (Å²) < 4.78 is 14.2. The molecule has 1 aromatic rings. The molecule has 2 heterocycles. The number of rotatable bonds is 4. The Morgan fingerprint density at radius 1 is 1.50 bits per heavy atom. The van der Waals surface area contributed by atoms with Crippen molar-refractivity contribution < 1.29 is 4.39 Å². The van der Waals surface area contributed by atoms with E-state index in [1.807, 2.05) is 0 Å². The number of aromatic nitrogens is 1. The van der Waals surface area contributed by atoms with Crippen molar-refractivity contribution in [1.82, 2.24) is 9.88 Å². The summed E-state index contributed by atoms with van der Waals surface area (Å²) in [4.78, 5) is 6.39. The minimum atomic E-state index is -0.298. The quantitative estimate of drug-likeness (QED) is 0.925. The Balaban J connectivity index is 1.75. The molecule has 2 rings (SSSR count). The van der Waals surface area contributed by atoms with Crippen LogP contribution in [0.2, 0.25) is 0 Å². The van der Waals surface area contributed by atoms with Gasteiger partial charge in [0.15, 0.2) is 11.6 Å². The largest absolute Gasteiger partial charge is 0.368 e. The van der Waals surface area contributed by atoms with Gasteiger partial charge in [-0.3, -0.25) is 0 Å². The first-order valence-corrected chi connectivity index (χ1v) is 7.18. The molecular formula is C13H19BrFN3. The van der Waals surface area contributed by atoms with Crippen molar-refractivity contribution >= 4 is 21.7 Å². The third kappa shape index (κ3) is 3.92. The molecule has 5 heteroatoms. The van der Waals surface area contributed by atoms with Gasteiger partial charge in [0.2, 0.25) is 0 Å². The Morgan fingerprint density at radius 2 is 2.22 bits per heavy atom. The summed E-state index contributed by atoms with van der Waals surface area (Å²) in [6, 6.07) is 1.44. The summed E-state index contributed by atoms with van der Waals surface area (Å²) in [6.07, 6.45) is 5.19. The predicted molar refractivity (Wildman–Crippen MR) is 75.2 cm³/mol. The Bertz CT molecular complexity index is 392. The van der Waals surface area contributed by atoms with Crippen molar-refractivity contribution in [3.8, 4) is 0 Å². The number of halogens is 2. The highest BCUT2D eigenvalue weighted by Crippen LogP contribution is 2.20. The van der Waals surface area contributed by atoms with Gasteiger partial charge in [-0.1, -0.05) is 0 Å². The zero-order chi connectivity index (χ0) is 13.0. The molecular weight excluding hydrogens is 297 g/mol. The lowest BCUT2D eigenvalue weighted by Gasteiger charge is -2.28. The van der Waals surface area contributed by atoms with Crippen LogP contribution in [0.4, 0.5) is 10.2 Å². The molecule has 1 N–H and O–H groups in total. The van der Waals surface area contributed by atoms with Crippen LogP contribution in [0.5, 0.6) is 0 Å². The molecule has 1 fully saturated rings. The van der Waals surface area contributed by atoms with Crippen LogP contribution < -0.4 is 5.32 Å². The van der Waals surface area contributed by atoms with Gasteiger partial charge in [0.1, 0.15) is 0 Å². The Kier molecular flexibility index (Phi) is 4.95. The van der Waals surface area contributed by atoms with Crippen molar-refractivity contribution in [2.45, 2.75) is 19.3 Å². The number of hydrogen-bond donors (Lipinski definition) is 1. The number of hydrogen-bond acceptors (Lipinski definition) is 3. The number of piperidine rings is 1. The molecule has 0 amide bonds. The van der Waals surface area contributed by atoms with Gasteiger partial charge in [0.05, 0.1) is 0 Å². The van der Waals surface area contributed by atoms with E-state index in [2.05, 4.69) is 38.2 Å². The smallest absolute Gasteiger partial charge is 0.166 e. The van der Waals surface area contributed by atoms with Gasteiger partial charge >= 0.3 is 0 Å². The second-order valence-corrected chi connectivity index (χ2v) is 5.86. The standard InChI is InChI=1S/C13H19BrFN3/c1-18-6-3-10(4-7-18)2-5-16-13-12(15)8-11(14)9-17-13/h8-10H,2-7H2,1H3,(H,16,17). The molecule has 18 heavy (non-hydrogen) atoms. The third-order valence-electron chi connectivity index (χ3n) is 3.49. The first-order valence-electron chi connectivity index (χ1n) is 6.38. The molecule has 1 aromatic heterocycles. The van der Waals surface area contributed by atoms with E-state index in [1.54, 1.807) is 6.20 Å². The molecule has 0 saturated carbocycles. The normalized spacial score (nSPS) is 17.9. The summed E-state index contributed by atoms with van der Waals surface area (Å²) >= 11 is 3.20. The van der Waals surface area contributed by atoms with Gasteiger partial charge in [0, 0.05) is 17.2 Å². The highest BCUT2D eigenvalue weighted by atomic mass is 79.9. The lowest BCUT2D eigenvalue weighted by atomic mass is 9.94. The average molecular weight is 316 g/mol. The van der Waals surface area contributed by atoms with E-state index in [4.69, 9.17) is 0 Å². The third-order valence-corrected chi connectivity index (χ3v) is 3.92.